The second-order valence-corrected chi connectivity index (χ2v) is 8.23. The summed E-state index contributed by atoms with van der Waals surface area (Å²) in [6.07, 6.45) is 0. The van der Waals surface area contributed by atoms with Crippen LogP contribution in [0.4, 0.5) is 5.13 Å². The lowest BCUT2D eigenvalue weighted by Crippen LogP contribution is -2.17. The number of ether oxygens (including phenoxy) is 2. The fraction of sp³-hybridized carbons (Fsp3) is 0.217. The highest BCUT2D eigenvalue weighted by atomic mass is 35.5. The number of nitrogens with one attached hydrogen (secondary N) is 1. The first kappa shape index (κ1) is 21.2. The molecule has 4 rings (SSSR count). The van der Waals surface area contributed by atoms with Crippen molar-refractivity contribution in [3.05, 3.63) is 58.1 Å². The van der Waals surface area contributed by atoms with Crippen LogP contribution in [-0.4, -0.2) is 29.7 Å². The van der Waals surface area contributed by atoms with Gasteiger partial charge < -0.3 is 14.0 Å². The summed E-state index contributed by atoms with van der Waals surface area (Å²) in [5, 5.41) is 6.96. The zero-order valence-electron chi connectivity index (χ0n) is 17.7. The number of anilines is 1. The van der Waals surface area contributed by atoms with Crippen molar-refractivity contribution in [2.75, 3.05) is 19.5 Å². The van der Waals surface area contributed by atoms with E-state index in [-0.39, 0.29) is 5.91 Å². The predicted octanol–water partition coefficient (Wildman–Crippen LogP) is 6.02. The molecule has 0 aliphatic heterocycles. The summed E-state index contributed by atoms with van der Waals surface area (Å²) in [6, 6.07) is 11.2. The molecule has 6 nitrogen and oxygen atoms in total. The first-order chi connectivity index (χ1) is 15.0. The minimum Gasteiger partial charge on any atom is -0.497 e. The quantitative estimate of drug-likeness (QED) is 0.386. The molecule has 0 saturated carbocycles. The van der Waals surface area contributed by atoms with E-state index in [4.69, 9.17) is 21.1 Å². The van der Waals surface area contributed by atoms with Crippen LogP contribution >= 0.6 is 22.9 Å². The molecule has 0 aliphatic carbocycles. The molecule has 0 unspecified atom stereocenters. The zero-order valence-corrected chi connectivity index (χ0v) is 19.2. The summed E-state index contributed by atoms with van der Waals surface area (Å²) in [5.41, 5.74) is 3.98. The summed E-state index contributed by atoms with van der Waals surface area (Å²) in [7, 11) is 3.22. The van der Waals surface area contributed by atoms with E-state index >= 15 is 0 Å². The van der Waals surface area contributed by atoms with Crippen LogP contribution in [0.1, 0.15) is 23.0 Å². The lowest BCUT2D eigenvalue weighted by Gasteiger charge is -2.09. The molecule has 31 heavy (non-hydrogen) atoms. The maximum Gasteiger partial charge on any atom is 0.274 e. The summed E-state index contributed by atoms with van der Waals surface area (Å²) < 4.78 is 12.8. The molecule has 8 heteroatoms. The normalized spacial score (nSPS) is 11.0. The second-order valence-electron chi connectivity index (χ2n) is 6.94. The Morgan fingerprint density at radius 1 is 1.19 bits per heavy atom. The molecule has 0 spiro atoms. The third-order valence-electron chi connectivity index (χ3n) is 5.22. The molecule has 0 atom stereocenters. The molecule has 160 valence electrons. The molecule has 2 aromatic heterocycles. The highest BCUT2D eigenvalue weighted by Gasteiger charge is 2.21. The standard InChI is InChI=1S/C23H22ClN3O3S/c1-5-27-19-8-6-14(24)10-16(19)13(2)21(27)22(28)26-23-25-18(12-31-23)17-11-15(29-3)7-9-20(17)30-4/h6-12H,5H2,1-4H3,(H,25,26,28). The Bertz CT molecular complexity index is 1280. The highest BCUT2D eigenvalue weighted by Crippen LogP contribution is 2.35. The van der Waals surface area contributed by atoms with Gasteiger partial charge >= 0.3 is 0 Å². The van der Waals surface area contributed by atoms with Gasteiger partial charge in [-0.05, 0) is 55.8 Å². The maximum atomic E-state index is 13.2. The number of rotatable bonds is 6. The molecule has 1 amide bonds. The predicted molar refractivity (Wildman–Crippen MR) is 126 cm³/mol. The number of aryl methyl sites for hydroxylation is 2. The zero-order chi connectivity index (χ0) is 22.1. The van der Waals surface area contributed by atoms with Gasteiger partial charge in [-0.15, -0.1) is 11.3 Å². The van der Waals surface area contributed by atoms with Crippen LogP contribution in [-0.2, 0) is 6.54 Å². The second kappa shape index (κ2) is 8.61. The Morgan fingerprint density at radius 3 is 2.71 bits per heavy atom. The summed E-state index contributed by atoms with van der Waals surface area (Å²) in [5.74, 6) is 1.18. The number of nitrogens with zero attached hydrogens (tertiary/aromatic N) is 2. The van der Waals surface area contributed by atoms with Gasteiger partial charge in [0.25, 0.3) is 5.91 Å². The molecule has 0 aliphatic rings. The molecule has 0 bridgehead atoms. The minimum atomic E-state index is -0.204. The van der Waals surface area contributed by atoms with Gasteiger partial charge in [-0.3, -0.25) is 10.1 Å². The lowest BCUT2D eigenvalue weighted by molar-refractivity contribution is 0.101. The van der Waals surface area contributed by atoms with Crippen molar-refractivity contribution in [1.82, 2.24) is 9.55 Å². The third-order valence-corrected chi connectivity index (χ3v) is 6.21. The fourth-order valence-corrected chi connectivity index (χ4v) is 4.62. The Kier molecular flexibility index (Phi) is 5.89. The summed E-state index contributed by atoms with van der Waals surface area (Å²) in [4.78, 5) is 17.8. The highest BCUT2D eigenvalue weighted by molar-refractivity contribution is 7.14. The van der Waals surface area contributed by atoms with Gasteiger partial charge in [-0.25, -0.2) is 4.98 Å². The van der Waals surface area contributed by atoms with E-state index in [2.05, 4.69) is 10.3 Å². The van der Waals surface area contributed by atoms with Crippen LogP contribution in [0.25, 0.3) is 22.2 Å². The van der Waals surface area contributed by atoms with Gasteiger partial charge in [0, 0.05) is 33.4 Å². The van der Waals surface area contributed by atoms with E-state index < -0.39 is 0 Å². The molecule has 0 saturated heterocycles. The summed E-state index contributed by atoms with van der Waals surface area (Å²) >= 11 is 7.53. The molecule has 2 aromatic carbocycles. The van der Waals surface area contributed by atoms with Crippen molar-refractivity contribution < 1.29 is 14.3 Å². The Hall–Kier alpha value is -3.03. The van der Waals surface area contributed by atoms with Crippen molar-refractivity contribution in [2.45, 2.75) is 20.4 Å². The van der Waals surface area contributed by atoms with Crippen LogP contribution in [0.2, 0.25) is 5.02 Å². The molecule has 0 fully saturated rings. The third kappa shape index (κ3) is 3.86. The molecule has 1 N–H and O–H groups in total. The SMILES string of the molecule is CCn1c(C(=O)Nc2nc(-c3cc(OC)ccc3OC)cs2)c(C)c2cc(Cl)ccc21. The van der Waals surface area contributed by atoms with Crippen molar-refractivity contribution >= 4 is 44.9 Å². The number of amides is 1. The minimum absolute atomic E-state index is 0.204. The monoisotopic (exact) mass is 455 g/mol. The van der Waals surface area contributed by atoms with Crippen LogP contribution in [0.3, 0.4) is 0 Å². The fourth-order valence-electron chi connectivity index (χ4n) is 3.74. The number of carbonyl (C=O) groups is 1. The average Bonchev–Trinajstić information content (AvgIpc) is 3.35. The number of methoxy groups -OCH3 is 2. The van der Waals surface area contributed by atoms with E-state index in [9.17, 15) is 4.79 Å². The molecule has 4 aromatic rings. The lowest BCUT2D eigenvalue weighted by atomic mass is 10.1. The largest absolute Gasteiger partial charge is 0.497 e. The number of aromatic nitrogens is 2. The Morgan fingerprint density at radius 2 is 2.00 bits per heavy atom. The van der Waals surface area contributed by atoms with E-state index in [0.717, 1.165) is 22.0 Å². The van der Waals surface area contributed by atoms with Crippen LogP contribution in [0, 0.1) is 6.92 Å². The van der Waals surface area contributed by atoms with Gasteiger partial charge in [0.2, 0.25) is 0 Å². The van der Waals surface area contributed by atoms with E-state index in [1.54, 1.807) is 14.2 Å². The number of thiazole rings is 1. The van der Waals surface area contributed by atoms with Crippen molar-refractivity contribution in [3.63, 3.8) is 0 Å². The van der Waals surface area contributed by atoms with Crippen LogP contribution in [0.5, 0.6) is 11.5 Å². The van der Waals surface area contributed by atoms with Crippen LogP contribution < -0.4 is 14.8 Å². The number of carbonyl (C=O) groups excluding carboxylic acids is 1. The number of fused-ring (bicyclic) bond motifs is 1. The molecular formula is C23H22ClN3O3S. The first-order valence-corrected chi connectivity index (χ1v) is 11.0. The van der Waals surface area contributed by atoms with Crippen LogP contribution in [0.15, 0.2) is 41.8 Å². The number of hydrogen-bond acceptors (Lipinski definition) is 5. The molecule has 0 radical (unpaired) electrons. The number of halogens is 1. The molecular weight excluding hydrogens is 434 g/mol. The number of hydrogen-bond donors (Lipinski definition) is 1. The van der Waals surface area contributed by atoms with E-state index in [1.165, 1.54) is 11.3 Å². The maximum absolute atomic E-state index is 13.2. The van der Waals surface area contributed by atoms with Crippen molar-refractivity contribution in [3.8, 4) is 22.8 Å². The Labute approximate surface area is 189 Å². The average molecular weight is 456 g/mol. The van der Waals surface area contributed by atoms with Crippen molar-refractivity contribution in [1.29, 1.82) is 0 Å². The Balaban J connectivity index is 1.67. The van der Waals surface area contributed by atoms with Gasteiger partial charge in [0.15, 0.2) is 5.13 Å². The van der Waals surface area contributed by atoms with Gasteiger partial charge in [-0.2, -0.15) is 0 Å². The summed E-state index contributed by atoms with van der Waals surface area (Å²) in [6.45, 7) is 4.62. The topological polar surface area (TPSA) is 65.4 Å². The van der Waals surface area contributed by atoms with E-state index in [1.807, 2.05) is 60.2 Å². The van der Waals surface area contributed by atoms with Gasteiger partial charge in [-0.1, -0.05) is 11.6 Å². The number of benzene rings is 2. The van der Waals surface area contributed by atoms with Crippen molar-refractivity contribution in [2.24, 2.45) is 0 Å². The van der Waals surface area contributed by atoms with Gasteiger partial charge in [0.1, 0.15) is 17.2 Å². The van der Waals surface area contributed by atoms with Gasteiger partial charge in [0.05, 0.1) is 19.9 Å². The van der Waals surface area contributed by atoms with E-state index in [0.29, 0.717) is 39.6 Å². The first-order valence-electron chi connectivity index (χ1n) is 9.74. The smallest absolute Gasteiger partial charge is 0.274 e. The molecule has 2 heterocycles.